The maximum Gasteiger partial charge on any atom is 0.416 e. The van der Waals surface area contributed by atoms with E-state index in [0.717, 1.165) is 18.3 Å². The van der Waals surface area contributed by atoms with E-state index in [1.165, 1.54) is 12.3 Å². The van der Waals surface area contributed by atoms with Crippen LogP contribution in [0.25, 0.3) is 0 Å². The van der Waals surface area contributed by atoms with Crippen molar-refractivity contribution in [3.8, 4) is 0 Å². The normalized spacial score (nSPS) is 11.3. The second-order valence-electron chi connectivity index (χ2n) is 4.00. The summed E-state index contributed by atoms with van der Waals surface area (Å²) >= 11 is 5.67. The summed E-state index contributed by atoms with van der Waals surface area (Å²) in [6, 6.07) is 3.51. The van der Waals surface area contributed by atoms with Crippen molar-refractivity contribution in [3.05, 3.63) is 58.6 Å². The molecule has 2 rings (SSSR count). The molecule has 3 nitrogen and oxygen atoms in total. The molecule has 0 aliphatic heterocycles. The van der Waals surface area contributed by atoms with Crippen LogP contribution in [0.5, 0.6) is 0 Å². The van der Waals surface area contributed by atoms with Crippen molar-refractivity contribution in [1.29, 1.82) is 0 Å². The van der Waals surface area contributed by atoms with E-state index in [2.05, 4.69) is 10.3 Å². The van der Waals surface area contributed by atoms with Gasteiger partial charge in [0, 0.05) is 6.20 Å². The molecule has 0 bridgehead atoms. The van der Waals surface area contributed by atoms with Gasteiger partial charge in [0.1, 0.15) is 0 Å². The van der Waals surface area contributed by atoms with Gasteiger partial charge in [-0.25, -0.2) is 4.39 Å². The Labute approximate surface area is 121 Å². The zero-order valence-electron chi connectivity index (χ0n) is 10.2. The number of rotatable bonds is 2. The number of hydrogen-bond donors (Lipinski definition) is 1. The first kappa shape index (κ1) is 15.2. The van der Waals surface area contributed by atoms with Gasteiger partial charge < -0.3 is 5.32 Å². The number of carbonyl (C=O) groups excluding carboxylic acids is 1. The van der Waals surface area contributed by atoms with Gasteiger partial charge in [-0.15, -0.1) is 0 Å². The number of nitrogens with one attached hydrogen (secondary N) is 1. The predicted octanol–water partition coefficient (Wildman–Crippen LogP) is 4.15. The third-order valence-electron chi connectivity index (χ3n) is 2.56. The Bertz CT molecular complexity index is 688. The maximum absolute atomic E-state index is 13.3. The highest BCUT2D eigenvalue weighted by molar-refractivity contribution is 6.34. The minimum Gasteiger partial charge on any atom is -0.319 e. The van der Waals surface area contributed by atoms with Crippen LogP contribution in [0, 0.1) is 5.82 Å². The Balaban J connectivity index is 2.26. The van der Waals surface area contributed by atoms with Crippen LogP contribution in [-0.4, -0.2) is 10.9 Å². The summed E-state index contributed by atoms with van der Waals surface area (Å²) in [5.41, 5.74) is -1.31. The van der Waals surface area contributed by atoms with Gasteiger partial charge in [0.15, 0.2) is 5.82 Å². The highest BCUT2D eigenvalue weighted by atomic mass is 35.5. The summed E-state index contributed by atoms with van der Waals surface area (Å²) in [6.07, 6.45) is -2.41. The van der Waals surface area contributed by atoms with Gasteiger partial charge in [0.05, 0.1) is 28.0 Å². The lowest BCUT2D eigenvalue weighted by atomic mass is 10.1. The third-order valence-corrected chi connectivity index (χ3v) is 2.87. The number of nitrogens with zero attached hydrogens (tertiary/aromatic N) is 1. The van der Waals surface area contributed by atoms with Gasteiger partial charge >= 0.3 is 6.18 Å². The molecule has 1 heterocycles. The molecule has 1 aromatic heterocycles. The molecule has 0 saturated heterocycles. The molecule has 8 heteroatoms. The van der Waals surface area contributed by atoms with Crippen LogP contribution in [0.15, 0.2) is 36.7 Å². The van der Waals surface area contributed by atoms with E-state index in [4.69, 9.17) is 11.6 Å². The highest BCUT2D eigenvalue weighted by Gasteiger charge is 2.31. The fourth-order valence-electron chi connectivity index (χ4n) is 1.54. The van der Waals surface area contributed by atoms with Gasteiger partial charge in [-0.1, -0.05) is 11.6 Å². The molecule has 0 aliphatic carbocycles. The maximum atomic E-state index is 13.3. The number of alkyl halides is 3. The lowest BCUT2D eigenvalue weighted by Crippen LogP contribution is -2.14. The fourth-order valence-corrected chi connectivity index (χ4v) is 1.81. The van der Waals surface area contributed by atoms with E-state index in [1.807, 2.05) is 0 Å². The van der Waals surface area contributed by atoms with E-state index in [0.29, 0.717) is 6.07 Å². The molecular weight excluding hydrogens is 312 g/mol. The van der Waals surface area contributed by atoms with Gasteiger partial charge in [-0.2, -0.15) is 13.2 Å². The Kier molecular flexibility index (Phi) is 4.13. The number of anilines is 1. The van der Waals surface area contributed by atoms with Crippen molar-refractivity contribution in [3.63, 3.8) is 0 Å². The number of aromatic nitrogens is 1. The Morgan fingerprint density at radius 3 is 2.52 bits per heavy atom. The average molecular weight is 319 g/mol. The number of benzene rings is 1. The molecule has 1 aromatic carbocycles. The molecule has 0 spiro atoms. The zero-order chi connectivity index (χ0) is 15.6. The van der Waals surface area contributed by atoms with E-state index in [-0.39, 0.29) is 16.3 Å². The van der Waals surface area contributed by atoms with Crippen molar-refractivity contribution < 1.29 is 22.4 Å². The number of pyridine rings is 1. The fraction of sp³-hybridized carbons (Fsp3) is 0.0769. The molecule has 0 saturated carbocycles. The van der Waals surface area contributed by atoms with Gasteiger partial charge in [-0.3, -0.25) is 9.78 Å². The molecule has 0 unspecified atom stereocenters. The van der Waals surface area contributed by atoms with Crippen LogP contribution in [0.4, 0.5) is 23.2 Å². The first-order chi connectivity index (χ1) is 9.79. The van der Waals surface area contributed by atoms with E-state index in [9.17, 15) is 22.4 Å². The standard InChI is InChI=1S/C13H7ClF4N2O/c14-9-5-7(13(16,17)18)1-2-8(9)12(21)20-11-3-4-19-6-10(11)15/h1-6H,(H,19,20,21). The first-order valence-electron chi connectivity index (χ1n) is 5.56. The summed E-state index contributed by atoms with van der Waals surface area (Å²) in [5, 5.41) is 1.83. The molecule has 21 heavy (non-hydrogen) atoms. The summed E-state index contributed by atoms with van der Waals surface area (Å²) in [6.45, 7) is 0. The largest absolute Gasteiger partial charge is 0.416 e. The summed E-state index contributed by atoms with van der Waals surface area (Å²) in [4.78, 5) is 15.4. The van der Waals surface area contributed by atoms with Crippen LogP contribution < -0.4 is 5.32 Å². The molecule has 0 fully saturated rings. The predicted molar refractivity (Wildman–Crippen MR) is 68.6 cm³/mol. The molecule has 0 radical (unpaired) electrons. The van der Waals surface area contributed by atoms with Crippen LogP contribution >= 0.6 is 11.6 Å². The minimum absolute atomic E-state index is 0.147. The van der Waals surface area contributed by atoms with E-state index >= 15 is 0 Å². The molecule has 0 aliphatic rings. The van der Waals surface area contributed by atoms with Crippen molar-refractivity contribution in [1.82, 2.24) is 4.98 Å². The molecule has 1 amide bonds. The molecular formula is C13H7ClF4N2O. The van der Waals surface area contributed by atoms with Crippen molar-refractivity contribution in [2.75, 3.05) is 5.32 Å². The summed E-state index contributed by atoms with van der Waals surface area (Å²) < 4.78 is 50.8. The Hall–Kier alpha value is -2.15. The topological polar surface area (TPSA) is 42.0 Å². The lowest BCUT2D eigenvalue weighted by Gasteiger charge is -2.10. The molecule has 110 valence electrons. The average Bonchev–Trinajstić information content (AvgIpc) is 2.40. The van der Waals surface area contributed by atoms with Crippen LogP contribution in [0.2, 0.25) is 5.02 Å². The second-order valence-corrected chi connectivity index (χ2v) is 4.41. The second kappa shape index (κ2) is 5.69. The summed E-state index contributed by atoms with van der Waals surface area (Å²) in [5.74, 6) is -1.59. The van der Waals surface area contributed by atoms with Crippen molar-refractivity contribution in [2.45, 2.75) is 6.18 Å². The summed E-state index contributed by atoms with van der Waals surface area (Å²) in [7, 11) is 0. The van der Waals surface area contributed by atoms with Gasteiger partial charge in [0.25, 0.3) is 5.91 Å². The number of amides is 1. The lowest BCUT2D eigenvalue weighted by molar-refractivity contribution is -0.137. The van der Waals surface area contributed by atoms with Crippen LogP contribution in [-0.2, 0) is 6.18 Å². The third kappa shape index (κ3) is 3.49. The first-order valence-corrected chi connectivity index (χ1v) is 5.94. The quantitative estimate of drug-likeness (QED) is 0.845. The molecule has 0 atom stereocenters. The van der Waals surface area contributed by atoms with Crippen molar-refractivity contribution >= 4 is 23.2 Å². The Morgan fingerprint density at radius 1 is 1.24 bits per heavy atom. The monoisotopic (exact) mass is 318 g/mol. The SMILES string of the molecule is O=C(Nc1ccncc1F)c1ccc(C(F)(F)F)cc1Cl. The van der Waals surface area contributed by atoms with Crippen LogP contribution in [0.1, 0.15) is 15.9 Å². The van der Waals surface area contributed by atoms with Crippen LogP contribution in [0.3, 0.4) is 0 Å². The molecule has 2 aromatic rings. The highest BCUT2D eigenvalue weighted by Crippen LogP contribution is 2.32. The van der Waals surface area contributed by atoms with E-state index in [1.54, 1.807) is 0 Å². The number of halogens is 5. The number of hydrogen-bond acceptors (Lipinski definition) is 2. The van der Waals surface area contributed by atoms with Crippen molar-refractivity contribution in [2.24, 2.45) is 0 Å². The van der Waals surface area contributed by atoms with Gasteiger partial charge in [0.2, 0.25) is 0 Å². The van der Waals surface area contributed by atoms with Gasteiger partial charge in [-0.05, 0) is 24.3 Å². The smallest absolute Gasteiger partial charge is 0.319 e. The zero-order valence-corrected chi connectivity index (χ0v) is 11.0. The molecule has 1 N–H and O–H groups in total. The van der Waals surface area contributed by atoms with E-state index < -0.39 is 23.5 Å². The number of carbonyl (C=O) groups is 1. The minimum atomic E-state index is -4.56. The Morgan fingerprint density at radius 2 is 1.95 bits per heavy atom.